The van der Waals surface area contributed by atoms with Crippen molar-refractivity contribution in [2.45, 2.75) is 20.8 Å². The molecule has 0 bridgehead atoms. The van der Waals surface area contributed by atoms with E-state index in [2.05, 4.69) is 42.1 Å². The molecule has 0 atom stereocenters. The van der Waals surface area contributed by atoms with E-state index < -0.39 is 0 Å². The Hall–Kier alpha value is 0.930. The van der Waals surface area contributed by atoms with Gasteiger partial charge in [0.2, 0.25) is 0 Å². The third-order valence-corrected chi connectivity index (χ3v) is 0. The summed E-state index contributed by atoms with van der Waals surface area (Å²) in [5, 5.41) is 0. The van der Waals surface area contributed by atoms with Crippen LogP contribution >= 0.6 is 31.6 Å². The van der Waals surface area contributed by atoms with Crippen molar-refractivity contribution >= 4 is 31.6 Å². The molecule has 0 aromatic heterocycles. The van der Waals surface area contributed by atoms with E-state index in [0.717, 1.165) is 5.92 Å². The molecule has 0 rings (SSSR count). The quantitative estimate of drug-likeness (QED) is 0.522. The minimum Gasteiger partial charge on any atom is -0.0630 e. The Labute approximate surface area is 58.6 Å². The van der Waals surface area contributed by atoms with Crippen molar-refractivity contribution in [1.82, 2.24) is 0 Å². The number of halogens is 2. The van der Waals surface area contributed by atoms with Gasteiger partial charge in [0.05, 0.1) is 10.2 Å². The SMILES string of the molecule is CC(C)C.ClSCl. The Morgan fingerprint density at radius 3 is 1.14 bits per heavy atom. The van der Waals surface area contributed by atoms with Crippen molar-refractivity contribution in [2.24, 2.45) is 5.92 Å². The van der Waals surface area contributed by atoms with Crippen molar-refractivity contribution < 1.29 is 0 Å². The summed E-state index contributed by atoms with van der Waals surface area (Å²) in [5.41, 5.74) is 0. The molecule has 3 heteroatoms. The third-order valence-electron chi connectivity index (χ3n) is 0. The van der Waals surface area contributed by atoms with E-state index in [1.807, 2.05) is 0 Å². The van der Waals surface area contributed by atoms with Crippen LogP contribution in [0.2, 0.25) is 0 Å². The Morgan fingerprint density at radius 1 is 1.14 bits per heavy atom. The molecule has 0 aliphatic heterocycles. The molecule has 0 unspecified atom stereocenters. The Morgan fingerprint density at radius 2 is 1.14 bits per heavy atom. The van der Waals surface area contributed by atoms with Crippen molar-refractivity contribution in [2.75, 3.05) is 0 Å². The van der Waals surface area contributed by atoms with E-state index in [0.29, 0.717) is 10.2 Å². The van der Waals surface area contributed by atoms with Gasteiger partial charge in [-0.3, -0.25) is 0 Å². The Kier molecular flexibility index (Phi) is 15.5. The van der Waals surface area contributed by atoms with Gasteiger partial charge in [-0.1, -0.05) is 20.8 Å². The zero-order valence-electron chi connectivity index (χ0n) is 4.74. The molecule has 0 aromatic rings. The Balaban J connectivity index is 0. The number of rotatable bonds is 0. The first-order chi connectivity index (χ1) is 3.15. The third kappa shape index (κ3) is 195. The zero-order chi connectivity index (χ0) is 6.28. The summed E-state index contributed by atoms with van der Waals surface area (Å²) < 4.78 is 0. The molecule has 0 spiro atoms. The van der Waals surface area contributed by atoms with Crippen LogP contribution in [0.5, 0.6) is 0 Å². The van der Waals surface area contributed by atoms with Crippen LogP contribution in [0.25, 0.3) is 0 Å². The van der Waals surface area contributed by atoms with Crippen LogP contribution in [0.15, 0.2) is 0 Å². The van der Waals surface area contributed by atoms with Gasteiger partial charge in [-0.2, -0.15) is 0 Å². The average molecular weight is 161 g/mol. The molecule has 0 heterocycles. The zero-order valence-corrected chi connectivity index (χ0v) is 7.07. The summed E-state index contributed by atoms with van der Waals surface area (Å²) in [7, 11) is 10.1. The van der Waals surface area contributed by atoms with Gasteiger partial charge >= 0.3 is 0 Å². The maximum atomic E-state index is 4.68. The van der Waals surface area contributed by atoms with Gasteiger partial charge in [0.25, 0.3) is 0 Å². The maximum absolute atomic E-state index is 4.68. The summed E-state index contributed by atoms with van der Waals surface area (Å²) in [5.74, 6) is 0.833. The largest absolute Gasteiger partial charge is 0.0630 e. The maximum Gasteiger partial charge on any atom is 0.0523 e. The van der Waals surface area contributed by atoms with Gasteiger partial charge in [0, 0.05) is 0 Å². The lowest BCUT2D eigenvalue weighted by molar-refractivity contribution is 0.737. The van der Waals surface area contributed by atoms with Crippen LogP contribution in [0.4, 0.5) is 0 Å². The van der Waals surface area contributed by atoms with Crippen LogP contribution in [-0.4, -0.2) is 0 Å². The van der Waals surface area contributed by atoms with E-state index >= 15 is 0 Å². The summed E-state index contributed by atoms with van der Waals surface area (Å²) in [6.45, 7) is 6.50. The first-order valence-corrected chi connectivity index (χ1v) is 4.51. The molecule has 0 aromatic carbocycles. The number of hydrogen-bond donors (Lipinski definition) is 0. The first kappa shape index (κ1) is 10.8. The predicted octanol–water partition coefficient (Wildman–Crippen LogP) is 3.69. The molecule has 0 radical (unpaired) electrons. The van der Waals surface area contributed by atoms with Gasteiger partial charge < -0.3 is 0 Å². The first-order valence-electron chi connectivity index (χ1n) is 2.04. The second kappa shape index (κ2) is 10.0. The summed E-state index contributed by atoms with van der Waals surface area (Å²) in [4.78, 5) is 0. The van der Waals surface area contributed by atoms with Crippen LogP contribution in [0.1, 0.15) is 20.8 Å². The highest BCUT2D eigenvalue weighted by Gasteiger charge is 1.68. The van der Waals surface area contributed by atoms with Gasteiger partial charge in [0.15, 0.2) is 0 Å². The molecule has 0 N–H and O–H groups in total. The van der Waals surface area contributed by atoms with Crippen molar-refractivity contribution in [3.8, 4) is 0 Å². The van der Waals surface area contributed by atoms with Crippen molar-refractivity contribution in [3.63, 3.8) is 0 Å². The highest BCUT2D eigenvalue weighted by Crippen LogP contribution is 2.08. The average Bonchev–Trinajstić information content (AvgIpc) is 1.33. The fourth-order valence-electron chi connectivity index (χ4n) is 0. The summed E-state index contributed by atoms with van der Waals surface area (Å²) >= 11 is 0. The summed E-state index contributed by atoms with van der Waals surface area (Å²) in [6, 6.07) is 0. The molecule has 0 saturated carbocycles. The lowest BCUT2D eigenvalue weighted by atomic mass is 10.3. The molecule has 0 saturated heterocycles. The van der Waals surface area contributed by atoms with Crippen molar-refractivity contribution in [1.29, 1.82) is 0 Å². The van der Waals surface area contributed by atoms with E-state index in [1.54, 1.807) is 0 Å². The standard InChI is InChI=1S/C4H10.Cl2S/c1-4(2)3;1-3-2/h4H,1-3H3;. The minimum absolute atomic E-state index is 0.694. The smallest absolute Gasteiger partial charge is 0.0523 e. The molecular weight excluding hydrogens is 151 g/mol. The monoisotopic (exact) mass is 160 g/mol. The fourth-order valence-corrected chi connectivity index (χ4v) is 0. The van der Waals surface area contributed by atoms with Gasteiger partial charge in [-0.15, -0.1) is 0 Å². The highest BCUT2D eigenvalue weighted by atomic mass is 36.0. The van der Waals surface area contributed by atoms with Crippen LogP contribution in [0, 0.1) is 5.92 Å². The van der Waals surface area contributed by atoms with E-state index in [-0.39, 0.29) is 0 Å². The lowest BCUT2D eigenvalue weighted by Gasteiger charge is -1.79. The molecule has 0 fully saturated rings. The van der Waals surface area contributed by atoms with Gasteiger partial charge in [-0.25, -0.2) is 0 Å². The molecule has 0 amide bonds. The predicted molar refractivity (Wildman–Crippen MR) is 39.8 cm³/mol. The normalized spacial score (nSPS) is 7.71. The second-order valence-corrected chi connectivity index (χ2v) is 3.31. The molecule has 0 nitrogen and oxygen atoms in total. The molecule has 0 aliphatic carbocycles. The van der Waals surface area contributed by atoms with E-state index in [4.69, 9.17) is 0 Å². The van der Waals surface area contributed by atoms with E-state index in [9.17, 15) is 0 Å². The number of hydrogen-bond acceptors (Lipinski definition) is 1. The van der Waals surface area contributed by atoms with Gasteiger partial charge in [0.1, 0.15) is 0 Å². The summed E-state index contributed by atoms with van der Waals surface area (Å²) in [6.07, 6.45) is 0. The highest BCUT2D eigenvalue weighted by molar-refractivity contribution is 8.38. The topological polar surface area (TPSA) is 0 Å². The second-order valence-electron chi connectivity index (χ2n) is 1.79. The van der Waals surface area contributed by atoms with Crippen LogP contribution < -0.4 is 0 Å². The van der Waals surface area contributed by atoms with Gasteiger partial charge in [-0.05, 0) is 27.3 Å². The Bertz CT molecular complexity index is 20.9. The molecule has 7 heavy (non-hydrogen) atoms. The molecule has 46 valence electrons. The van der Waals surface area contributed by atoms with Crippen molar-refractivity contribution in [3.05, 3.63) is 0 Å². The molecular formula is C4H10Cl2S. The minimum atomic E-state index is 0.694. The molecule has 0 aliphatic rings. The fraction of sp³-hybridized carbons (Fsp3) is 1.00. The lowest BCUT2D eigenvalue weighted by Crippen LogP contribution is -1.66. The van der Waals surface area contributed by atoms with Crippen LogP contribution in [0.3, 0.4) is 0 Å². The van der Waals surface area contributed by atoms with Crippen LogP contribution in [-0.2, 0) is 0 Å². The van der Waals surface area contributed by atoms with E-state index in [1.165, 1.54) is 0 Å².